The Morgan fingerprint density at radius 3 is 2.77 bits per heavy atom. The fourth-order valence-electron chi connectivity index (χ4n) is 3.12. The Labute approximate surface area is 177 Å². The molecule has 162 valence electrons. The second-order valence-electron chi connectivity index (χ2n) is 6.78. The number of carbonyl (C=O) groups excluding carboxylic acids is 1. The number of hydrogen-bond acceptors (Lipinski definition) is 4. The Hall–Kier alpha value is -3.62. The Kier molecular flexibility index (Phi) is 6.74. The van der Waals surface area contributed by atoms with Crippen LogP contribution >= 0.6 is 0 Å². The summed E-state index contributed by atoms with van der Waals surface area (Å²) in [5, 5.41) is 10.9. The summed E-state index contributed by atoms with van der Waals surface area (Å²) in [6.07, 6.45) is 1.50. The predicted octanol–water partition coefficient (Wildman–Crippen LogP) is 5.10. The Bertz CT molecular complexity index is 1100. The standard InChI is InChI=1S/C22H22F3N5O/c1-2-30(13-3-11-26)21-15(4-8-19(29-21)22(23,24)25)5-9-20(31)28-17-6-7-18-16(14-17)10-12-27-18/h4-12,14,26-27H,2-3,13H2,1H3,(H,28,31)/b9-5+,26-11?. The van der Waals surface area contributed by atoms with Crippen molar-refractivity contribution in [1.82, 2.24) is 9.97 Å². The second-order valence-corrected chi connectivity index (χ2v) is 6.78. The van der Waals surface area contributed by atoms with Crippen LogP contribution in [0.3, 0.4) is 0 Å². The van der Waals surface area contributed by atoms with Crippen LogP contribution in [0.2, 0.25) is 0 Å². The molecule has 0 radical (unpaired) electrons. The summed E-state index contributed by atoms with van der Waals surface area (Å²) in [4.78, 5) is 20.9. The zero-order valence-corrected chi connectivity index (χ0v) is 16.8. The molecule has 0 saturated heterocycles. The first kappa shape index (κ1) is 22.1. The molecular weight excluding hydrogens is 407 g/mol. The molecule has 0 saturated carbocycles. The smallest absolute Gasteiger partial charge is 0.361 e. The van der Waals surface area contributed by atoms with Crippen LogP contribution in [0.15, 0.2) is 48.7 Å². The summed E-state index contributed by atoms with van der Waals surface area (Å²) in [5.74, 6) is -0.291. The highest BCUT2D eigenvalue weighted by atomic mass is 19.4. The van der Waals surface area contributed by atoms with E-state index in [0.717, 1.165) is 17.0 Å². The summed E-state index contributed by atoms with van der Waals surface area (Å²) >= 11 is 0. The molecule has 2 heterocycles. The van der Waals surface area contributed by atoms with E-state index < -0.39 is 17.8 Å². The zero-order chi connectivity index (χ0) is 22.4. The number of hydrogen-bond donors (Lipinski definition) is 3. The van der Waals surface area contributed by atoms with Gasteiger partial charge in [-0.2, -0.15) is 13.2 Å². The van der Waals surface area contributed by atoms with Crippen molar-refractivity contribution in [3.8, 4) is 0 Å². The molecule has 0 aliphatic rings. The number of anilines is 2. The van der Waals surface area contributed by atoms with E-state index in [1.54, 1.807) is 24.1 Å². The van der Waals surface area contributed by atoms with Crippen molar-refractivity contribution in [3.63, 3.8) is 0 Å². The van der Waals surface area contributed by atoms with Gasteiger partial charge in [0, 0.05) is 47.5 Å². The minimum Gasteiger partial charge on any atom is -0.361 e. The number of H-pyrrole nitrogens is 1. The number of aromatic nitrogens is 2. The topological polar surface area (TPSA) is 84.9 Å². The van der Waals surface area contributed by atoms with Crippen LogP contribution in [0, 0.1) is 5.41 Å². The molecule has 9 heteroatoms. The maximum atomic E-state index is 13.2. The van der Waals surface area contributed by atoms with Gasteiger partial charge in [0.15, 0.2) is 0 Å². The summed E-state index contributed by atoms with van der Waals surface area (Å²) in [6, 6.07) is 9.49. The molecule has 6 nitrogen and oxygen atoms in total. The van der Waals surface area contributed by atoms with E-state index in [1.807, 2.05) is 18.2 Å². The third-order valence-electron chi connectivity index (χ3n) is 4.66. The van der Waals surface area contributed by atoms with E-state index in [9.17, 15) is 18.0 Å². The molecule has 3 N–H and O–H groups in total. The number of alkyl halides is 3. The van der Waals surface area contributed by atoms with Gasteiger partial charge < -0.3 is 20.6 Å². The van der Waals surface area contributed by atoms with E-state index in [2.05, 4.69) is 15.3 Å². The number of nitrogens with one attached hydrogen (secondary N) is 3. The number of pyridine rings is 1. The lowest BCUT2D eigenvalue weighted by Gasteiger charge is -2.24. The molecule has 0 spiro atoms. The minimum absolute atomic E-state index is 0.122. The molecule has 31 heavy (non-hydrogen) atoms. The van der Waals surface area contributed by atoms with Gasteiger partial charge in [-0.15, -0.1) is 0 Å². The van der Waals surface area contributed by atoms with Crippen LogP contribution in [0.1, 0.15) is 24.6 Å². The highest BCUT2D eigenvalue weighted by Crippen LogP contribution is 2.31. The first-order valence-electron chi connectivity index (χ1n) is 9.70. The number of amides is 1. The molecular formula is C22H22F3N5O. The monoisotopic (exact) mass is 429 g/mol. The van der Waals surface area contributed by atoms with Gasteiger partial charge in [0.25, 0.3) is 0 Å². The first-order valence-corrected chi connectivity index (χ1v) is 9.70. The van der Waals surface area contributed by atoms with Gasteiger partial charge in [0.1, 0.15) is 11.5 Å². The maximum Gasteiger partial charge on any atom is 0.433 e. The van der Waals surface area contributed by atoms with Gasteiger partial charge >= 0.3 is 6.18 Å². The number of fused-ring (bicyclic) bond motifs is 1. The first-order chi connectivity index (χ1) is 14.8. The lowest BCUT2D eigenvalue weighted by atomic mass is 10.2. The van der Waals surface area contributed by atoms with Crippen molar-refractivity contribution in [2.24, 2.45) is 0 Å². The fourth-order valence-corrected chi connectivity index (χ4v) is 3.12. The van der Waals surface area contributed by atoms with Gasteiger partial charge in [-0.3, -0.25) is 4.79 Å². The molecule has 0 bridgehead atoms. The van der Waals surface area contributed by atoms with E-state index in [0.29, 0.717) is 30.8 Å². The SMILES string of the molecule is CCN(CCC=N)c1nc(C(F)(F)F)ccc1/C=C/C(=O)Nc1ccc2[nH]ccc2c1. The van der Waals surface area contributed by atoms with E-state index in [1.165, 1.54) is 24.4 Å². The van der Waals surface area contributed by atoms with Gasteiger partial charge in [0.05, 0.1) is 0 Å². The molecule has 3 aromatic rings. The quantitative estimate of drug-likeness (QED) is 0.344. The highest BCUT2D eigenvalue weighted by Gasteiger charge is 2.33. The van der Waals surface area contributed by atoms with Crippen molar-refractivity contribution in [2.75, 3.05) is 23.3 Å². The Morgan fingerprint density at radius 1 is 1.26 bits per heavy atom. The molecule has 0 aliphatic carbocycles. The third kappa shape index (κ3) is 5.50. The predicted molar refractivity (Wildman–Crippen MR) is 116 cm³/mol. The number of halogens is 3. The number of nitrogens with zero attached hydrogens (tertiary/aromatic N) is 2. The second kappa shape index (κ2) is 9.46. The fraction of sp³-hybridized carbons (Fsp3) is 0.227. The molecule has 2 aromatic heterocycles. The van der Waals surface area contributed by atoms with Crippen LogP contribution < -0.4 is 10.2 Å². The summed E-state index contributed by atoms with van der Waals surface area (Å²) in [7, 11) is 0. The number of rotatable bonds is 8. The van der Waals surface area contributed by atoms with E-state index in [4.69, 9.17) is 5.41 Å². The third-order valence-corrected chi connectivity index (χ3v) is 4.66. The molecule has 0 atom stereocenters. The number of benzene rings is 1. The average molecular weight is 429 g/mol. The molecule has 0 unspecified atom stereocenters. The van der Waals surface area contributed by atoms with Crippen molar-refractivity contribution < 1.29 is 18.0 Å². The molecule has 0 aliphatic heterocycles. The lowest BCUT2D eigenvalue weighted by molar-refractivity contribution is -0.141. The molecule has 3 rings (SSSR count). The van der Waals surface area contributed by atoms with Crippen LogP contribution in [-0.2, 0) is 11.0 Å². The van der Waals surface area contributed by atoms with Crippen LogP contribution in [0.4, 0.5) is 24.7 Å². The van der Waals surface area contributed by atoms with Gasteiger partial charge in [-0.25, -0.2) is 4.98 Å². The molecule has 1 aromatic carbocycles. The van der Waals surface area contributed by atoms with Crippen molar-refractivity contribution in [3.05, 3.63) is 59.9 Å². The van der Waals surface area contributed by atoms with E-state index in [-0.39, 0.29) is 5.82 Å². The van der Waals surface area contributed by atoms with Crippen LogP contribution in [0.25, 0.3) is 17.0 Å². The Balaban J connectivity index is 1.84. The number of carbonyl (C=O) groups is 1. The normalized spacial score (nSPS) is 11.7. The van der Waals surface area contributed by atoms with Gasteiger partial charge in [-0.1, -0.05) is 0 Å². The van der Waals surface area contributed by atoms with Crippen LogP contribution in [-0.4, -0.2) is 35.2 Å². The lowest BCUT2D eigenvalue weighted by Crippen LogP contribution is -2.27. The highest BCUT2D eigenvalue weighted by molar-refractivity contribution is 6.03. The summed E-state index contributed by atoms with van der Waals surface area (Å²) < 4.78 is 39.5. The summed E-state index contributed by atoms with van der Waals surface area (Å²) in [6.45, 7) is 2.55. The van der Waals surface area contributed by atoms with Crippen molar-refractivity contribution in [1.29, 1.82) is 5.41 Å². The van der Waals surface area contributed by atoms with Crippen molar-refractivity contribution >= 4 is 40.6 Å². The molecule has 0 fully saturated rings. The number of aromatic amines is 1. The van der Waals surface area contributed by atoms with Gasteiger partial charge in [0.2, 0.25) is 5.91 Å². The maximum absolute atomic E-state index is 13.2. The Morgan fingerprint density at radius 2 is 2.06 bits per heavy atom. The minimum atomic E-state index is -4.58. The van der Waals surface area contributed by atoms with E-state index >= 15 is 0 Å². The molecule has 1 amide bonds. The van der Waals surface area contributed by atoms with Gasteiger partial charge in [-0.05, 0) is 62.0 Å². The average Bonchev–Trinajstić information content (AvgIpc) is 3.20. The van der Waals surface area contributed by atoms with Crippen LogP contribution in [0.5, 0.6) is 0 Å². The van der Waals surface area contributed by atoms with Crippen molar-refractivity contribution in [2.45, 2.75) is 19.5 Å². The largest absolute Gasteiger partial charge is 0.433 e. The zero-order valence-electron chi connectivity index (χ0n) is 16.8. The summed E-state index contributed by atoms with van der Waals surface area (Å²) in [5.41, 5.74) is 0.931.